The SMILES string of the molecule is O=CO.O=S(=O)(c1cccc(F)c1)n1cc(N2CCNCC2)c2nccc(Cl)c21. The number of carboxylic acid groups (broad SMARTS) is 1. The Morgan fingerprint density at radius 2 is 1.93 bits per heavy atom. The molecule has 1 aliphatic rings. The van der Waals surface area contributed by atoms with E-state index in [-0.39, 0.29) is 16.4 Å². The molecular weight excluding hydrogens is 423 g/mol. The molecule has 154 valence electrons. The van der Waals surface area contributed by atoms with E-state index >= 15 is 0 Å². The number of hydrogen-bond donors (Lipinski definition) is 2. The van der Waals surface area contributed by atoms with Gasteiger partial charge in [0.15, 0.2) is 0 Å². The van der Waals surface area contributed by atoms with Crippen LogP contribution in [0.2, 0.25) is 5.02 Å². The zero-order chi connectivity index (χ0) is 21.0. The van der Waals surface area contributed by atoms with Crippen LogP contribution in [0.3, 0.4) is 0 Å². The second kappa shape index (κ2) is 8.76. The van der Waals surface area contributed by atoms with E-state index in [0.29, 0.717) is 16.7 Å². The molecule has 2 N–H and O–H groups in total. The lowest BCUT2D eigenvalue weighted by Gasteiger charge is -2.28. The quantitative estimate of drug-likeness (QED) is 0.601. The molecule has 2 aromatic heterocycles. The molecule has 1 fully saturated rings. The molecule has 3 aromatic rings. The van der Waals surface area contributed by atoms with Crippen molar-refractivity contribution in [2.75, 3.05) is 31.1 Å². The van der Waals surface area contributed by atoms with Gasteiger partial charge in [0.1, 0.15) is 16.9 Å². The molecule has 8 nitrogen and oxygen atoms in total. The summed E-state index contributed by atoms with van der Waals surface area (Å²) in [6.07, 6.45) is 3.07. The zero-order valence-electron chi connectivity index (χ0n) is 15.1. The van der Waals surface area contributed by atoms with Gasteiger partial charge in [0.25, 0.3) is 16.5 Å². The van der Waals surface area contributed by atoms with Crippen LogP contribution < -0.4 is 10.2 Å². The summed E-state index contributed by atoms with van der Waals surface area (Å²) in [6.45, 7) is 2.80. The smallest absolute Gasteiger partial charge is 0.290 e. The van der Waals surface area contributed by atoms with Crippen LogP contribution in [0.4, 0.5) is 10.1 Å². The van der Waals surface area contributed by atoms with E-state index in [9.17, 15) is 12.8 Å². The third kappa shape index (κ3) is 4.19. The lowest BCUT2D eigenvalue weighted by atomic mass is 10.3. The number of halogens is 2. The summed E-state index contributed by atoms with van der Waals surface area (Å²) in [4.78, 5) is 14.6. The molecule has 0 saturated carbocycles. The van der Waals surface area contributed by atoms with Gasteiger partial charge in [0.2, 0.25) is 0 Å². The van der Waals surface area contributed by atoms with E-state index in [1.807, 2.05) is 0 Å². The van der Waals surface area contributed by atoms with E-state index in [1.54, 1.807) is 12.3 Å². The Hall–Kier alpha value is -2.69. The first-order chi connectivity index (χ1) is 13.9. The van der Waals surface area contributed by atoms with Crippen LogP contribution in [0.5, 0.6) is 0 Å². The number of nitrogens with one attached hydrogen (secondary N) is 1. The van der Waals surface area contributed by atoms with E-state index in [2.05, 4.69) is 15.2 Å². The Morgan fingerprint density at radius 1 is 1.24 bits per heavy atom. The third-order valence-electron chi connectivity index (χ3n) is 4.39. The predicted molar refractivity (Wildman–Crippen MR) is 108 cm³/mol. The summed E-state index contributed by atoms with van der Waals surface area (Å²) in [5, 5.41) is 10.4. The Bertz CT molecular complexity index is 1130. The van der Waals surface area contributed by atoms with E-state index in [4.69, 9.17) is 21.5 Å². The number of carbonyl (C=O) groups is 1. The molecule has 11 heteroatoms. The molecule has 1 aromatic carbocycles. The maximum atomic E-state index is 13.6. The van der Waals surface area contributed by atoms with Crippen molar-refractivity contribution in [2.45, 2.75) is 4.90 Å². The topological polar surface area (TPSA) is 105 Å². The number of aromatic nitrogens is 2. The summed E-state index contributed by atoms with van der Waals surface area (Å²) < 4.78 is 40.9. The summed E-state index contributed by atoms with van der Waals surface area (Å²) >= 11 is 6.31. The molecule has 3 heterocycles. The summed E-state index contributed by atoms with van der Waals surface area (Å²) in [5.41, 5.74) is 1.51. The molecular formula is C18H18ClFN4O4S. The van der Waals surface area contributed by atoms with Crippen LogP contribution in [0.1, 0.15) is 0 Å². The Labute approximate surface area is 171 Å². The monoisotopic (exact) mass is 440 g/mol. The van der Waals surface area contributed by atoms with Crippen LogP contribution >= 0.6 is 11.6 Å². The standard InChI is InChI=1S/C17H16ClFN4O2S.CH2O2/c18-14-4-5-21-16-15(22-8-6-20-7-9-22)11-23(17(14)16)26(24,25)13-3-1-2-12(19)10-13;2-1-3/h1-5,10-11,20H,6-9H2;1H,(H,2,3). The molecule has 0 radical (unpaired) electrons. The molecule has 0 amide bonds. The van der Waals surface area contributed by atoms with Crippen LogP contribution in [-0.4, -0.2) is 55.1 Å². The first-order valence-corrected chi connectivity index (χ1v) is 10.4. The van der Waals surface area contributed by atoms with Crippen molar-refractivity contribution < 1.29 is 22.7 Å². The van der Waals surface area contributed by atoms with Crippen molar-refractivity contribution >= 4 is 44.8 Å². The molecule has 1 aliphatic heterocycles. The van der Waals surface area contributed by atoms with Gasteiger partial charge in [-0.3, -0.25) is 9.78 Å². The second-order valence-electron chi connectivity index (χ2n) is 6.11. The van der Waals surface area contributed by atoms with Crippen LogP contribution in [0.25, 0.3) is 11.0 Å². The zero-order valence-corrected chi connectivity index (χ0v) is 16.7. The van der Waals surface area contributed by atoms with Gasteiger partial charge >= 0.3 is 0 Å². The van der Waals surface area contributed by atoms with Gasteiger partial charge in [-0.2, -0.15) is 0 Å². The van der Waals surface area contributed by atoms with Crippen molar-refractivity contribution in [1.82, 2.24) is 14.3 Å². The highest BCUT2D eigenvalue weighted by atomic mass is 35.5. The fourth-order valence-electron chi connectivity index (χ4n) is 3.13. The largest absolute Gasteiger partial charge is 0.483 e. The molecule has 1 saturated heterocycles. The van der Waals surface area contributed by atoms with Gasteiger partial charge in [-0.1, -0.05) is 17.7 Å². The summed E-state index contributed by atoms with van der Waals surface area (Å²) in [7, 11) is -4.02. The van der Waals surface area contributed by atoms with Gasteiger partial charge < -0.3 is 15.3 Å². The number of hydrogen-bond acceptors (Lipinski definition) is 6. The van der Waals surface area contributed by atoms with Crippen LogP contribution in [0, 0.1) is 5.82 Å². The minimum absolute atomic E-state index is 0.138. The van der Waals surface area contributed by atoms with Gasteiger partial charge in [-0.05, 0) is 24.3 Å². The van der Waals surface area contributed by atoms with Gasteiger partial charge in [0.05, 0.1) is 15.6 Å². The van der Waals surface area contributed by atoms with Gasteiger partial charge in [-0.25, -0.2) is 16.8 Å². The minimum atomic E-state index is -4.02. The van der Waals surface area contributed by atoms with E-state index in [1.165, 1.54) is 24.4 Å². The van der Waals surface area contributed by atoms with Crippen molar-refractivity contribution in [3.63, 3.8) is 0 Å². The highest BCUT2D eigenvalue weighted by Gasteiger charge is 2.26. The predicted octanol–water partition coefficient (Wildman–Crippen LogP) is 2.18. The van der Waals surface area contributed by atoms with Gasteiger partial charge in [-0.15, -0.1) is 0 Å². The van der Waals surface area contributed by atoms with Crippen molar-refractivity contribution in [1.29, 1.82) is 0 Å². The molecule has 29 heavy (non-hydrogen) atoms. The van der Waals surface area contributed by atoms with E-state index < -0.39 is 15.8 Å². The fraction of sp³-hybridized carbons (Fsp3) is 0.222. The average molecular weight is 441 g/mol. The number of rotatable bonds is 3. The maximum absolute atomic E-state index is 13.6. The van der Waals surface area contributed by atoms with Crippen LogP contribution in [-0.2, 0) is 14.8 Å². The second-order valence-corrected chi connectivity index (χ2v) is 8.33. The molecule has 0 spiro atoms. The number of benzene rings is 1. The lowest BCUT2D eigenvalue weighted by Crippen LogP contribution is -2.43. The van der Waals surface area contributed by atoms with Crippen molar-refractivity contribution in [3.8, 4) is 0 Å². The number of nitrogens with zero attached hydrogens (tertiary/aromatic N) is 3. The Morgan fingerprint density at radius 3 is 2.59 bits per heavy atom. The number of piperazine rings is 1. The Balaban J connectivity index is 0.000000755. The minimum Gasteiger partial charge on any atom is -0.483 e. The number of pyridine rings is 1. The first-order valence-electron chi connectivity index (χ1n) is 8.60. The molecule has 0 bridgehead atoms. The highest BCUT2D eigenvalue weighted by molar-refractivity contribution is 7.90. The summed E-state index contributed by atoms with van der Waals surface area (Å²) in [6, 6.07) is 6.47. The normalized spacial score (nSPS) is 14.3. The van der Waals surface area contributed by atoms with Gasteiger partial charge in [0, 0.05) is 38.6 Å². The first kappa shape index (κ1) is 21.0. The lowest BCUT2D eigenvalue weighted by molar-refractivity contribution is -0.122. The Kier molecular flexibility index (Phi) is 6.36. The molecule has 4 rings (SSSR count). The van der Waals surface area contributed by atoms with Crippen molar-refractivity contribution in [3.05, 3.63) is 53.6 Å². The number of fused-ring (bicyclic) bond motifs is 1. The molecule has 0 unspecified atom stereocenters. The number of anilines is 1. The average Bonchev–Trinajstić information content (AvgIpc) is 3.11. The van der Waals surface area contributed by atoms with Crippen LogP contribution in [0.15, 0.2) is 47.6 Å². The maximum Gasteiger partial charge on any atom is 0.290 e. The molecule has 0 atom stereocenters. The fourth-order valence-corrected chi connectivity index (χ4v) is 4.82. The van der Waals surface area contributed by atoms with Crippen molar-refractivity contribution in [2.24, 2.45) is 0 Å². The highest BCUT2D eigenvalue weighted by Crippen LogP contribution is 2.34. The third-order valence-corrected chi connectivity index (χ3v) is 6.35. The molecule has 0 aliphatic carbocycles. The van der Waals surface area contributed by atoms with E-state index in [0.717, 1.165) is 36.2 Å². The summed E-state index contributed by atoms with van der Waals surface area (Å²) in [5.74, 6) is -0.617.